The van der Waals surface area contributed by atoms with E-state index in [9.17, 15) is 4.79 Å². The van der Waals surface area contributed by atoms with E-state index in [2.05, 4.69) is 34.5 Å². The molecule has 0 saturated carbocycles. The highest BCUT2D eigenvalue weighted by Gasteiger charge is 2.24. The van der Waals surface area contributed by atoms with Crippen molar-refractivity contribution in [2.75, 3.05) is 49.1 Å². The summed E-state index contributed by atoms with van der Waals surface area (Å²) in [7, 11) is 0. The molecule has 6 heteroatoms. The third-order valence-corrected chi connectivity index (χ3v) is 5.90. The lowest BCUT2D eigenvalue weighted by Gasteiger charge is -2.35. The molecule has 0 radical (unpaired) electrons. The maximum absolute atomic E-state index is 12.7. The first kappa shape index (κ1) is 17.4. The summed E-state index contributed by atoms with van der Waals surface area (Å²) in [5.74, 6) is 2.98. The summed E-state index contributed by atoms with van der Waals surface area (Å²) >= 11 is 1.91. The van der Waals surface area contributed by atoms with Crippen molar-refractivity contribution in [3.05, 3.63) is 59.8 Å². The number of thioether (sulfide) groups is 1. The Labute approximate surface area is 158 Å². The van der Waals surface area contributed by atoms with Crippen LogP contribution in [-0.2, 0) is 0 Å². The van der Waals surface area contributed by atoms with Crippen LogP contribution in [-0.4, -0.2) is 60.0 Å². The molecule has 3 heterocycles. The molecule has 1 atom stereocenters. The third kappa shape index (κ3) is 3.86. The van der Waals surface area contributed by atoms with Crippen LogP contribution < -0.4 is 10.2 Å². The van der Waals surface area contributed by atoms with Crippen molar-refractivity contribution in [1.82, 2.24) is 15.2 Å². The van der Waals surface area contributed by atoms with E-state index in [4.69, 9.17) is 4.98 Å². The summed E-state index contributed by atoms with van der Waals surface area (Å²) in [6.07, 6.45) is 0. The smallest absolute Gasteiger partial charge is 0.272 e. The van der Waals surface area contributed by atoms with Crippen molar-refractivity contribution in [2.24, 2.45) is 0 Å². The molecule has 26 heavy (non-hydrogen) atoms. The second-order valence-electron chi connectivity index (χ2n) is 6.65. The van der Waals surface area contributed by atoms with Crippen LogP contribution in [0.4, 0.5) is 5.82 Å². The van der Waals surface area contributed by atoms with Crippen molar-refractivity contribution < 1.29 is 4.79 Å². The monoisotopic (exact) mass is 368 g/mol. The van der Waals surface area contributed by atoms with Crippen molar-refractivity contribution in [3.63, 3.8) is 0 Å². The highest BCUT2D eigenvalue weighted by Crippen LogP contribution is 2.22. The van der Waals surface area contributed by atoms with Gasteiger partial charge in [0.1, 0.15) is 11.5 Å². The third-order valence-electron chi connectivity index (χ3n) is 4.95. The molecule has 1 aromatic carbocycles. The standard InChI is InChI=1S/C20H24N4OS/c25-20(23-11-13-26-14-12-23)17-7-4-8-19(22-17)24-10-9-21-18(15-24)16-5-2-1-3-6-16/h1-8,18,21H,9-15H2/t18-/m0/s1. The zero-order valence-corrected chi connectivity index (χ0v) is 15.6. The van der Waals surface area contributed by atoms with Crippen molar-refractivity contribution in [1.29, 1.82) is 0 Å². The van der Waals surface area contributed by atoms with E-state index in [1.54, 1.807) is 0 Å². The van der Waals surface area contributed by atoms with Gasteiger partial charge in [0.05, 0.1) is 0 Å². The van der Waals surface area contributed by atoms with Gasteiger partial charge in [0.2, 0.25) is 0 Å². The van der Waals surface area contributed by atoms with E-state index < -0.39 is 0 Å². The summed E-state index contributed by atoms with van der Waals surface area (Å²) in [4.78, 5) is 21.6. The van der Waals surface area contributed by atoms with Crippen LogP contribution in [0.5, 0.6) is 0 Å². The minimum Gasteiger partial charge on any atom is -0.353 e. The van der Waals surface area contributed by atoms with Gasteiger partial charge in [-0.2, -0.15) is 11.8 Å². The predicted molar refractivity (Wildman–Crippen MR) is 107 cm³/mol. The van der Waals surface area contributed by atoms with Gasteiger partial charge in [-0.25, -0.2) is 4.98 Å². The second-order valence-corrected chi connectivity index (χ2v) is 7.87. The average molecular weight is 369 g/mol. The summed E-state index contributed by atoms with van der Waals surface area (Å²) in [5, 5.41) is 3.58. The Hall–Kier alpha value is -2.05. The maximum Gasteiger partial charge on any atom is 0.272 e. The Morgan fingerprint density at radius 3 is 2.65 bits per heavy atom. The van der Waals surface area contributed by atoms with E-state index in [-0.39, 0.29) is 11.9 Å². The second kappa shape index (κ2) is 8.10. The predicted octanol–water partition coefficient (Wildman–Crippen LogP) is 2.42. The molecule has 1 N–H and O–H groups in total. The number of hydrogen-bond donors (Lipinski definition) is 1. The van der Waals surface area contributed by atoms with Gasteiger partial charge in [-0.05, 0) is 17.7 Å². The molecule has 0 bridgehead atoms. The van der Waals surface area contributed by atoms with Crippen molar-refractivity contribution in [2.45, 2.75) is 6.04 Å². The largest absolute Gasteiger partial charge is 0.353 e. The molecule has 1 amide bonds. The van der Waals surface area contributed by atoms with E-state index in [0.29, 0.717) is 5.69 Å². The Kier molecular flexibility index (Phi) is 5.41. The Morgan fingerprint density at radius 2 is 1.85 bits per heavy atom. The van der Waals surface area contributed by atoms with Crippen LogP contribution >= 0.6 is 11.8 Å². The Morgan fingerprint density at radius 1 is 1.04 bits per heavy atom. The summed E-state index contributed by atoms with van der Waals surface area (Å²) in [5.41, 5.74) is 1.85. The van der Waals surface area contributed by atoms with E-state index in [1.165, 1.54) is 5.56 Å². The normalized spacial score (nSPS) is 20.8. The van der Waals surface area contributed by atoms with Crippen molar-refractivity contribution >= 4 is 23.5 Å². The maximum atomic E-state index is 12.7. The number of amides is 1. The van der Waals surface area contributed by atoms with Crippen LogP contribution in [0.2, 0.25) is 0 Å². The van der Waals surface area contributed by atoms with Crippen LogP contribution in [0.25, 0.3) is 0 Å². The van der Waals surface area contributed by atoms with Crippen LogP contribution in [0.15, 0.2) is 48.5 Å². The van der Waals surface area contributed by atoms with E-state index in [1.807, 2.05) is 40.9 Å². The first-order valence-electron chi connectivity index (χ1n) is 9.18. The molecule has 0 unspecified atom stereocenters. The fourth-order valence-corrected chi connectivity index (χ4v) is 4.42. The van der Waals surface area contributed by atoms with Gasteiger partial charge in [-0.1, -0.05) is 36.4 Å². The quantitative estimate of drug-likeness (QED) is 0.902. The van der Waals surface area contributed by atoms with Crippen molar-refractivity contribution in [3.8, 4) is 0 Å². The highest BCUT2D eigenvalue weighted by molar-refractivity contribution is 7.99. The van der Waals surface area contributed by atoms with Gasteiger partial charge in [-0.3, -0.25) is 4.79 Å². The van der Waals surface area contributed by atoms with Gasteiger partial charge in [0.15, 0.2) is 0 Å². The molecule has 0 spiro atoms. The van der Waals surface area contributed by atoms with E-state index in [0.717, 1.165) is 50.0 Å². The first-order valence-corrected chi connectivity index (χ1v) is 10.3. The summed E-state index contributed by atoms with van der Waals surface area (Å²) < 4.78 is 0. The fourth-order valence-electron chi connectivity index (χ4n) is 3.51. The SMILES string of the molecule is O=C(c1cccc(N2CCN[C@H](c3ccccc3)C2)n1)N1CCSCC1. The molecule has 2 fully saturated rings. The minimum absolute atomic E-state index is 0.0573. The number of carbonyl (C=O) groups is 1. The number of carbonyl (C=O) groups excluding carboxylic acids is 1. The molecule has 4 rings (SSSR count). The molecule has 5 nitrogen and oxygen atoms in total. The molecular weight excluding hydrogens is 344 g/mol. The Balaban J connectivity index is 1.49. The van der Waals surface area contributed by atoms with Gasteiger partial charge in [0, 0.05) is 50.3 Å². The number of benzene rings is 1. The summed E-state index contributed by atoms with van der Waals surface area (Å²) in [6.45, 7) is 4.30. The summed E-state index contributed by atoms with van der Waals surface area (Å²) in [6, 6.07) is 16.6. The van der Waals surface area contributed by atoms with Gasteiger partial charge >= 0.3 is 0 Å². The Bertz CT molecular complexity index is 748. The first-order chi connectivity index (χ1) is 12.8. The van der Waals surface area contributed by atoms with Gasteiger partial charge in [-0.15, -0.1) is 0 Å². The number of nitrogens with one attached hydrogen (secondary N) is 1. The number of hydrogen-bond acceptors (Lipinski definition) is 5. The van der Waals surface area contributed by atoms with Gasteiger partial charge < -0.3 is 15.1 Å². The number of rotatable bonds is 3. The lowest BCUT2D eigenvalue weighted by molar-refractivity contribution is 0.0766. The van der Waals surface area contributed by atoms with Gasteiger partial charge in [0.25, 0.3) is 5.91 Å². The highest BCUT2D eigenvalue weighted by atomic mass is 32.2. The molecule has 0 aliphatic carbocycles. The fraction of sp³-hybridized carbons (Fsp3) is 0.400. The van der Waals surface area contributed by atoms with Crippen LogP contribution in [0.1, 0.15) is 22.1 Å². The number of anilines is 1. The number of pyridine rings is 1. The number of piperazine rings is 1. The molecule has 2 aliphatic heterocycles. The zero-order valence-electron chi connectivity index (χ0n) is 14.8. The lowest BCUT2D eigenvalue weighted by atomic mass is 10.0. The number of nitrogens with zero attached hydrogens (tertiary/aromatic N) is 3. The van der Waals surface area contributed by atoms with Crippen LogP contribution in [0.3, 0.4) is 0 Å². The molecule has 2 aromatic rings. The van der Waals surface area contributed by atoms with Crippen LogP contribution in [0, 0.1) is 0 Å². The molecule has 1 aromatic heterocycles. The topological polar surface area (TPSA) is 48.5 Å². The molecule has 2 saturated heterocycles. The van der Waals surface area contributed by atoms with E-state index >= 15 is 0 Å². The molecule has 136 valence electrons. The minimum atomic E-state index is 0.0573. The molecule has 2 aliphatic rings. The lowest BCUT2D eigenvalue weighted by Crippen LogP contribution is -2.46. The zero-order chi connectivity index (χ0) is 17.8. The molecular formula is C20H24N4OS. The number of aromatic nitrogens is 1. The average Bonchev–Trinajstić information content (AvgIpc) is 2.75.